The molecule has 0 spiro atoms. The zero-order valence-electron chi connectivity index (χ0n) is 20.5. The average Bonchev–Trinajstić information content (AvgIpc) is 2.85. The third-order valence-electron chi connectivity index (χ3n) is 5.58. The largest absolute Gasteiger partial charge is 0.354 e. The molecule has 0 unspecified atom stereocenters. The molecule has 0 aliphatic carbocycles. The second kappa shape index (κ2) is 13.4. The normalized spacial score (nSPS) is 11.8. The molecular formula is C29H33ClN2O2S. The van der Waals surface area contributed by atoms with Crippen LogP contribution in [0.25, 0.3) is 0 Å². The first-order valence-corrected chi connectivity index (χ1v) is 13.2. The van der Waals surface area contributed by atoms with Crippen LogP contribution in [0.5, 0.6) is 0 Å². The number of aryl methyl sites for hydroxylation is 1. The molecule has 3 aromatic carbocycles. The summed E-state index contributed by atoms with van der Waals surface area (Å²) in [5.41, 5.74) is 3.07. The number of amides is 2. The predicted octanol–water partition coefficient (Wildman–Crippen LogP) is 6.15. The molecular weight excluding hydrogens is 476 g/mol. The standard InChI is InChI=1S/C29H33ClN2O2S/c1-21(2)18-31-29(34)27(17-23-8-5-4-6-9-23)32(19-24-10-7-11-25(30)16-24)28(33)20-35-26-14-12-22(3)13-15-26/h4-16,21,27H,17-20H2,1-3H3,(H,31,34)/t27-/m1/s1. The molecule has 0 aliphatic heterocycles. The van der Waals surface area contributed by atoms with E-state index in [1.54, 1.807) is 11.0 Å². The van der Waals surface area contributed by atoms with Crippen LogP contribution in [0.1, 0.15) is 30.5 Å². The Labute approximate surface area is 218 Å². The monoisotopic (exact) mass is 508 g/mol. The Balaban J connectivity index is 1.89. The molecule has 3 rings (SSSR count). The van der Waals surface area contributed by atoms with Crippen LogP contribution in [-0.2, 0) is 22.6 Å². The van der Waals surface area contributed by atoms with Gasteiger partial charge < -0.3 is 10.2 Å². The zero-order valence-corrected chi connectivity index (χ0v) is 22.1. The van der Waals surface area contributed by atoms with Crippen molar-refractivity contribution in [1.82, 2.24) is 10.2 Å². The van der Waals surface area contributed by atoms with E-state index in [0.717, 1.165) is 16.0 Å². The Kier molecular flexibility index (Phi) is 10.2. The molecule has 1 N–H and O–H groups in total. The predicted molar refractivity (Wildman–Crippen MR) is 146 cm³/mol. The number of nitrogens with zero attached hydrogens (tertiary/aromatic N) is 1. The van der Waals surface area contributed by atoms with Crippen molar-refractivity contribution in [2.45, 2.75) is 44.7 Å². The zero-order chi connectivity index (χ0) is 25.2. The SMILES string of the molecule is Cc1ccc(SCC(=O)N(Cc2cccc(Cl)c2)[C@H](Cc2ccccc2)C(=O)NCC(C)C)cc1. The molecule has 0 saturated heterocycles. The van der Waals surface area contributed by atoms with E-state index in [1.807, 2.05) is 79.7 Å². The quantitative estimate of drug-likeness (QED) is 0.316. The van der Waals surface area contributed by atoms with Gasteiger partial charge in [-0.05, 0) is 48.2 Å². The van der Waals surface area contributed by atoms with E-state index in [0.29, 0.717) is 30.5 Å². The van der Waals surface area contributed by atoms with Crippen molar-refractivity contribution in [1.29, 1.82) is 0 Å². The maximum atomic E-state index is 13.6. The van der Waals surface area contributed by atoms with Gasteiger partial charge in [0.05, 0.1) is 5.75 Å². The summed E-state index contributed by atoms with van der Waals surface area (Å²) < 4.78 is 0. The Morgan fingerprint density at radius 1 is 0.943 bits per heavy atom. The van der Waals surface area contributed by atoms with Gasteiger partial charge in [-0.15, -0.1) is 11.8 Å². The summed E-state index contributed by atoms with van der Waals surface area (Å²) in [5, 5.41) is 3.65. The number of rotatable bonds is 11. The lowest BCUT2D eigenvalue weighted by atomic mass is 10.0. The molecule has 3 aromatic rings. The highest BCUT2D eigenvalue weighted by atomic mass is 35.5. The minimum absolute atomic E-state index is 0.0869. The van der Waals surface area contributed by atoms with Gasteiger partial charge in [-0.3, -0.25) is 9.59 Å². The Hall–Kier alpha value is -2.76. The maximum absolute atomic E-state index is 13.6. The van der Waals surface area contributed by atoms with Crippen molar-refractivity contribution in [2.75, 3.05) is 12.3 Å². The van der Waals surface area contributed by atoms with Crippen LogP contribution in [0.15, 0.2) is 83.8 Å². The van der Waals surface area contributed by atoms with Crippen LogP contribution in [-0.4, -0.2) is 35.1 Å². The lowest BCUT2D eigenvalue weighted by Crippen LogP contribution is -2.51. The van der Waals surface area contributed by atoms with Gasteiger partial charge >= 0.3 is 0 Å². The first-order chi connectivity index (χ1) is 16.8. The summed E-state index contributed by atoms with van der Waals surface area (Å²) in [6, 6.07) is 24.8. The van der Waals surface area contributed by atoms with E-state index in [2.05, 4.69) is 19.2 Å². The molecule has 0 aromatic heterocycles. The number of hydrogen-bond acceptors (Lipinski definition) is 3. The molecule has 0 aliphatic rings. The number of nitrogens with one attached hydrogen (secondary N) is 1. The van der Waals surface area contributed by atoms with E-state index in [4.69, 9.17) is 11.6 Å². The van der Waals surface area contributed by atoms with Crippen molar-refractivity contribution in [3.63, 3.8) is 0 Å². The smallest absolute Gasteiger partial charge is 0.243 e. The van der Waals surface area contributed by atoms with E-state index in [1.165, 1.54) is 17.3 Å². The second-order valence-electron chi connectivity index (χ2n) is 9.10. The van der Waals surface area contributed by atoms with Crippen molar-refractivity contribution in [2.24, 2.45) is 5.92 Å². The van der Waals surface area contributed by atoms with Crippen LogP contribution in [0.2, 0.25) is 5.02 Å². The number of thioether (sulfide) groups is 1. The van der Waals surface area contributed by atoms with Gasteiger partial charge in [-0.25, -0.2) is 0 Å². The van der Waals surface area contributed by atoms with Crippen LogP contribution < -0.4 is 5.32 Å². The van der Waals surface area contributed by atoms with Gasteiger partial charge in [-0.1, -0.05) is 85.6 Å². The van der Waals surface area contributed by atoms with E-state index in [9.17, 15) is 9.59 Å². The van der Waals surface area contributed by atoms with Gasteiger partial charge in [0.25, 0.3) is 0 Å². The van der Waals surface area contributed by atoms with Crippen LogP contribution in [0.4, 0.5) is 0 Å². The summed E-state index contributed by atoms with van der Waals surface area (Å²) in [5.74, 6) is 0.326. The highest BCUT2D eigenvalue weighted by Gasteiger charge is 2.30. The summed E-state index contributed by atoms with van der Waals surface area (Å²) >= 11 is 7.72. The lowest BCUT2D eigenvalue weighted by molar-refractivity contribution is -0.139. The van der Waals surface area contributed by atoms with Gasteiger partial charge in [0, 0.05) is 29.4 Å². The number of halogens is 1. The summed E-state index contributed by atoms with van der Waals surface area (Å²) in [6.45, 7) is 7.01. The fourth-order valence-corrected chi connectivity index (χ4v) is 4.67. The molecule has 4 nitrogen and oxygen atoms in total. The minimum Gasteiger partial charge on any atom is -0.354 e. The fraction of sp³-hybridized carbons (Fsp3) is 0.310. The molecule has 0 heterocycles. The van der Waals surface area contributed by atoms with Crippen LogP contribution in [0.3, 0.4) is 0 Å². The molecule has 35 heavy (non-hydrogen) atoms. The average molecular weight is 509 g/mol. The molecule has 0 bridgehead atoms. The van der Waals surface area contributed by atoms with Crippen molar-refractivity contribution in [3.8, 4) is 0 Å². The van der Waals surface area contributed by atoms with E-state index >= 15 is 0 Å². The first kappa shape index (κ1) is 26.8. The molecule has 0 fully saturated rings. The molecule has 1 atom stereocenters. The Bertz CT molecular complexity index is 1100. The van der Waals surface area contributed by atoms with Gasteiger partial charge in [0.1, 0.15) is 6.04 Å². The van der Waals surface area contributed by atoms with Gasteiger partial charge in [0.2, 0.25) is 11.8 Å². The second-order valence-corrected chi connectivity index (χ2v) is 10.6. The molecule has 6 heteroatoms. The number of hydrogen-bond donors (Lipinski definition) is 1. The van der Waals surface area contributed by atoms with Crippen molar-refractivity contribution in [3.05, 3.63) is 101 Å². The number of benzene rings is 3. The molecule has 0 saturated carbocycles. The fourth-order valence-electron chi connectivity index (χ4n) is 3.67. The summed E-state index contributed by atoms with van der Waals surface area (Å²) in [7, 11) is 0. The van der Waals surface area contributed by atoms with Crippen molar-refractivity contribution < 1.29 is 9.59 Å². The van der Waals surface area contributed by atoms with Gasteiger partial charge in [0.15, 0.2) is 0 Å². The van der Waals surface area contributed by atoms with Crippen LogP contribution in [0, 0.1) is 12.8 Å². The Morgan fingerprint density at radius 3 is 2.29 bits per heavy atom. The highest BCUT2D eigenvalue weighted by Crippen LogP contribution is 2.22. The highest BCUT2D eigenvalue weighted by molar-refractivity contribution is 8.00. The Morgan fingerprint density at radius 2 is 1.63 bits per heavy atom. The molecule has 0 radical (unpaired) electrons. The van der Waals surface area contributed by atoms with Gasteiger partial charge in [-0.2, -0.15) is 0 Å². The third kappa shape index (κ3) is 8.75. The molecule has 184 valence electrons. The topological polar surface area (TPSA) is 49.4 Å². The van der Waals surface area contributed by atoms with Crippen molar-refractivity contribution >= 4 is 35.2 Å². The summed E-state index contributed by atoms with van der Waals surface area (Å²) in [6.07, 6.45) is 0.437. The lowest BCUT2D eigenvalue weighted by Gasteiger charge is -2.32. The number of carbonyl (C=O) groups excluding carboxylic acids is 2. The summed E-state index contributed by atoms with van der Waals surface area (Å²) in [4.78, 5) is 29.8. The maximum Gasteiger partial charge on any atom is 0.243 e. The third-order valence-corrected chi connectivity index (χ3v) is 6.81. The molecule has 2 amide bonds. The van der Waals surface area contributed by atoms with Crippen LogP contribution >= 0.6 is 23.4 Å². The first-order valence-electron chi connectivity index (χ1n) is 11.9. The van der Waals surface area contributed by atoms with E-state index < -0.39 is 6.04 Å². The number of carbonyl (C=O) groups is 2. The minimum atomic E-state index is -0.638. The van der Waals surface area contributed by atoms with E-state index in [-0.39, 0.29) is 17.6 Å².